The molecule has 0 unspecified atom stereocenters. The van der Waals surface area contributed by atoms with Crippen molar-refractivity contribution in [2.45, 2.75) is 44.0 Å². The molecule has 0 radical (unpaired) electrons. The van der Waals surface area contributed by atoms with E-state index in [4.69, 9.17) is 21.7 Å². The molecule has 0 bridgehead atoms. The standard InChI is InChI=1S/C30H29N9O7S3/c1-30(2,28(44)45)46-36-20(18-13-49-29(33)34-18)24(40)35-21-25(41)39-22(27(42)43)16(12-48-26(21)39)9-37-5-4-19-14(8-37)3-6-38(19)10-17-7-15(11-47-17)23(31)32/h3-8,11,13,21,26H,9-10,12H2,1-2H3,(H7-,31,32,33,34,35,40,42,43,44,45)/p+1/t21-,26-/m1/s1. The molecule has 8 N–H and O–H groups in total. The van der Waals surface area contributed by atoms with Crippen LogP contribution in [0.25, 0.3) is 10.9 Å². The summed E-state index contributed by atoms with van der Waals surface area (Å²) < 4.78 is 3.93. The Morgan fingerprint density at radius 2 is 2.02 bits per heavy atom. The molecule has 0 aromatic carbocycles. The molecule has 254 valence electrons. The van der Waals surface area contributed by atoms with Gasteiger partial charge in [-0.2, -0.15) is 0 Å². The summed E-state index contributed by atoms with van der Waals surface area (Å²) in [5.74, 6) is -3.78. The first-order chi connectivity index (χ1) is 23.2. The van der Waals surface area contributed by atoms with Crippen LogP contribution < -0.4 is 21.4 Å². The lowest BCUT2D eigenvalue weighted by Gasteiger charge is -2.49. The molecule has 19 heteroatoms. The number of β-lactam (4-membered cyclic amide) rings is 1. The average molecular weight is 725 g/mol. The van der Waals surface area contributed by atoms with E-state index in [1.807, 2.05) is 46.7 Å². The Kier molecular flexibility index (Phi) is 8.90. The number of carboxylic acids is 2. The molecule has 6 heterocycles. The van der Waals surface area contributed by atoms with Crippen molar-refractivity contribution in [3.63, 3.8) is 0 Å². The fraction of sp³-hybridized carbons (Fsp3) is 0.267. The third kappa shape index (κ3) is 6.59. The van der Waals surface area contributed by atoms with Gasteiger partial charge in [0.25, 0.3) is 11.8 Å². The Morgan fingerprint density at radius 3 is 2.67 bits per heavy atom. The lowest BCUT2D eigenvalue weighted by Crippen LogP contribution is -2.71. The summed E-state index contributed by atoms with van der Waals surface area (Å²) in [6.45, 7) is 3.32. The van der Waals surface area contributed by atoms with Gasteiger partial charge in [-0.15, -0.1) is 34.4 Å². The largest absolute Gasteiger partial charge is 0.478 e. The highest BCUT2D eigenvalue weighted by Gasteiger charge is 2.55. The van der Waals surface area contributed by atoms with Crippen LogP contribution in [0.15, 0.2) is 64.0 Å². The van der Waals surface area contributed by atoms with Crippen molar-refractivity contribution in [3.8, 4) is 0 Å². The van der Waals surface area contributed by atoms with Gasteiger partial charge in [0.2, 0.25) is 5.60 Å². The first-order valence-corrected chi connectivity index (χ1v) is 17.4. The number of nitrogens with zero attached hydrogens (tertiary/aromatic N) is 5. The Hall–Kier alpha value is -5.27. The molecule has 6 rings (SSSR count). The Bertz CT molecular complexity index is 2100. The van der Waals surface area contributed by atoms with Gasteiger partial charge in [-0.3, -0.25) is 19.9 Å². The predicted molar refractivity (Wildman–Crippen MR) is 182 cm³/mol. The number of hydrogen-bond donors (Lipinski definition) is 6. The van der Waals surface area contributed by atoms with Crippen LogP contribution in [0.3, 0.4) is 0 Å². The van der Waals surface area contributed by atoms with Gasteiger partial charge in [0.15, 0.2) is 29.8 Å². The number of nitrogens with one attached hydrogen (secondary N) is 2. The molecule has 0 saturated carbocycles. The number of pyridine rings is 1. The number of amidine groups is 1. The minimum absolute atomic E-state index is 0.0208. The van der Waals surface area contributed by atoms with E-state index in [2.05, 4.69) is 20.0 Å². The molecule has 4 aromatic rings. The molecular weight excluding hydrogens is 695 g/mol. The average Bonchev–Trinajstić information content (AvgIpc) is 3.80. The van der Waals surface area contributed by atoms with Crippen LogP contribution in [0, 0.1) is 5.41 Å². The van der Waals surface area contributed by atoms with Crippen LogP contribution in [0.5, 0.6) is 0 Å². The molecule has 2 aliphatic rings. The Morgan fingerprint density at radius 1 is 1.24 bits per heavy atom. The Labute approximate surface area is 290 Å². The number of amides is 2. The minimum atomic E-state index is -1.77. The summed E-state index contributed by atoms with van der Waals surface area (Å²) in [5.41, 5.74) is 11.2. The van der Waals surface area contributed by atoms with E-state index in [-0.39, 0.29) is 40.4 Å². The molecule has 4 aromatic heterocycles. The number of carboxylic acid groups (broad SMARTS) is 2. The van der Waals surface area contributed by atoms with Crippen LogP contribution in [0.1, 0.15) is 30.0 Å². The Balaban J connectivity index is 1.18. The summed E-state index contributed by atoms with van der Waals surface area (Å²) >= 11 is 3.86. The van der Waals surface area contributed by atoms with Crippen molar-refractivity contribution in [1.29, 1.82) is 5.41 Å². The second-order valence-corrected chi connectivity index (χ2v) is 14.6. The van der Waals surface area contributed by atoms with E-state index in [9.17, 15) is 29.4 Å². The molecule has 0 aliphatic carbocycles. The topological polar surface area (TPSA) is 243 Å². The van der Waals surface area contributed by atoms with Crippen LogP contribution in [0.2, 0.25) is 0 Å². The molecule has 0 spiro atoms. The van der Waals surface area contributed by atoms with Gasteiger partial charge in [0.05, 0.1) is 17.4 Å². The van der Waals surface area contributed by atoms with E-state index < -0.39 is 40.8 Å². The van der Waals surface area contributed by atoms with Gasteiger partial charge < -0.3 is 36.4 Å². The van der Waals surface area contributed by atoms with Crippen molar-refractivity contribution >= 4 is 85.8 Å². The van der Waals surface area contributed by atoms with E-state index >= 15 is 0 Å². The number of fused-ring (bicyclic) bond motifs is 2. The lowest BCUT2D eigenvalue weighted by atomic mass is 10.0. The summed E-state index contributed by atoms with van der Waals surface area (Å²) in [5, 5.41) is 37.2. The van der Waals surface area contributed by atoms with Crippen molar-refractivity contribution in [2.24, 2.45) is 10.9 Å². The number of thiazole rings is 1. The summed E-state index contributed by atoms with van der Waals surface area (Å²) in [4.78, 5) is 62.1. The van der Waals surface area contributed by atoms with Gasteiger partial charge in [0, 0.05) is 44.8 Å². The molecular formula is C30H30N9O7S3+. The van der Waals surface area contributed by atoms with Crippen LogP contribution in [0.4, 0.5) is 5.13 Å². The van der Waals surface area contributed by atoms with Crippen molar-refractivity contribution < 1.29 is 38.8 Å². The highest BCUT2D eigenvalue weighted by Crippen LogP contribution is 2.40. The fourth-order valence-corrected chi connectivity index (χ4v) is 8.00. The summed E-state index contributed by atoms with van der Waals surface area (Å²) in [6, 6.07) is 4.71. The number of nitrogens with two attached hydrogens (primary N) is 2. The number of anilines is 1. The number of nitrogen functional groups attached to an aromatic ring is 2. The first-order valence-electron chi connectivity index (χ1n) is 14.5. The monoisotopic (exact) mass is 724 g/mol. The molecule has 1 saturated heterocycles. The van der Waals surface area contributed by atoms with E-state index in [1.54, 1.807) is 0 Å². The van der Waals surface area contributed by atoms with E-state index in [0.29, 0.717) is 17.7 Å². The molecule has 2 amide bonds. The molecule has 16 nitrogen and oxygen atoms in total. The van der Waals surface area contributed by atoms with Crippen molar-refractivity contribution in [3.05, 3.63) is 75.0 Å². The first kappa shape index (κ1) is 33.6. The maximum atomic E-state index is 13.4. The zero-order valence-electron chi connectivity index (χ0n) is 25.9. The van der Waals surface area contributed by atoms with Crippen LogP contribution in [-0.4, -0.2) is 82.7 Å². The molecule has 49 heavy (non-hydrogen) atoms. The fourth-order valence-electron chi connectivity index (χ4n) is 5.23. The lowest BCUT2D eigenvalue weighted by molar-refractivity contribution is -0.687. The second-order valence-electron chi connectivity index (χ2n) is 11.7. The summed E-state index contributed by atoms with van der Waals surface area (Å²) in [6.07, 6.45) is 5.71. The van der Waals surface area contributed by atoms with Crippen LogP contribution in [-0.2, 0) is 37.1 Å². The number of carbonyl (C=O) groups is 4. The van der Waals surface area contributed by atoms with Gasteiger partial charge in [-0.05, 0) is 26.0 Å². The number of carbonyl (C=O) groups excluding carboxylic acids is 2. The number of oxime groups is 1. The zero-order chi connectivity index (χ0) is 35.2. The number of aliphatic carboxylic acids is 2. The van der Waals surface area contributed by atoms with Gasteiger partial charge >= 0.3 is 11.9 Å². The smallest absolute Gasteiger partial charge is 0.352 e. The molecule has 1 fully saturated rings. The highest BCUT2D eigenvalue weighted by atomic mass is 32.2. The maximum Gasteiger partial charge on any atom is 0.352 e. The third-order valence-electron chi connectivity index (χ3n) is 7.83. The van der Waals surface area contributed by atoms with Gasteiger partial charge in [-0.25, -0.2) is 19.1 Å². The number of thioether (sulfide) groups is 1. The highest BCUT2D eigenvalue weighted by molar-refractivity contribution is 8.00. The third-order valence-corrected chi connectivity index (χ3v) is 10.8. The van der Waals surface area contributed by atoms with Gasteiger partial charge in [-0.1, -0.05) is 5.16 Å². The molecule has 2 atom stereocenters. The number of aromatic nitrogens is 3. The van der Waals surface area contributed by atoms with Crippen LogP contribution >= 0.6 is 34.4 Å². The normalized spacial score (nSPS) is 17.9. The number of thiophene rings is 1. The van der Waals surface area contributed by atoms with Gasteiger partial charge in [0.1, 0.15) is 28.6 Å². The minimum Gasteiger partial charge on any atom is -0.478 e. The number of hydrogen-bond acceptors (Lipinski definition) is 12. The predicted octanol–water partition coefficient (Wildman–Crippen LogP) is 1.38. The van der Waals surface area contributed by atoms with Crippen molar-refractivity contribution in [2.75, 3.05) is 11.5 Å². The van der Waals surface area contributed by atoms with E-state index in [0.717, 1.165) is 27.1 Å². The van der Waals surface area contributed by atoms with Crippen molar-refractivity contribution in [1.82, 2.24) is 19.8 Å². The molecule has 2 aliphatic heterocycles. The second kappa shape index (κ2) is 13.0. The zero-order valence-corrected chi connectivity index (χ0v) is 28.4. The van der Waals surface area contributed by atoms with E-state index in [1.165, 1.54) is 47.2 Å². The SMILES string of the molecule is CC(C)(ON=C(C(=O)N[C@@H]1C(=O)N2C(C(=O)O)=C(C[n+]3ccc4c(ccn4Cc4cc(C(=N)N)cs4)c3)CS[C@H]12)c1csc(N)n1)C(=O)O. The maximum absolute atomic E-state index is 13.4. The quantitative estimate of drug-likeness (QED) is 0.0401. The summed E-state index contributed by atoms with van der Waals surface area (Å²) in [7, 11) is 0. The number of rotatable bonds is 12.